The van der Waals surface area contributed by atoms with E-state index in [0.29, 0.717) is 38.9 Å². The lowest BCUT2D eigenvalue weighted by molar-refractivity contribution is -0.143. The number of unbranched alkanes of at least 4 members (excludes halogenated alkanes) is 3. The van der Waals surface area contributed by atoms with Gasteiger partial charge in [0.2, 0.25) is 11.8 Å². The second-order valence-corrected chi connectivity index (χ2v) is 5.08. The average molecular weight is 344 g/mol. The number of hydrogen-bond donors (Lipinski definition) is 2. The molecule has 2 amide bonds. The minimum absolute atomic E-state index is 0.104. The summed E-state index contributed by atoms with van der Waals surface area (Å²) in [6.45, 7) is 3.79. The Hall–Kier alpha value is -2.12. The lowest BCUT2D eigenvalue weighted by atomic mass is 10.1. The molecule has 0 heterocycles. The first-order valence-corrected chi connectivity index (χ1v) is 8.34. The summed E-state index contributed by atoms with van der Waals surface area (Å²) in [4.78, 5) is 45.0. The molecule has 24 heavy (non-hydrogen) atoms. The van der Waals surface area contributed by atoms with E-state index in [0.717, 1.165) is 12.8 Å². The lowest BCUT2D eigenvalue weighted by Crippen LogP contribution is -2.30. The maximum absolute atomic E-state index is 11.5. The first-order chi connectivity index (χ1) is 11.5. The molecule has 8 heteroatoms. The van der Waals surface area contributed by atoms with E-state index in [-0.39, 0.29) is 24.9 Å². The number of amides is 2. The van der Waals surface area contributed by atoms with Gasteiger partial charge in [0.05, 0.1) is 13.2 Å². The maximum atomic E-state index is 11.5. The summed E-state index contributed by atoms with van der Waals surface area (Å²) in [7, 11) is 0. The molecule has 0 saturated carbocycles. The normalized spacial score (nSPS) is 9.92. The molecule has 0 rings (SSSR count). The first-order valence-electron chi connectivity index (χ1n) is 8.34. The topological polar surface area (TPSA) is 111 Å². The summed E-state index contributed by atoms with van der Waals surface area (Å²) < 4.78 is 9.40. The van der Waals surface area contributed by atoms with E-state index in [1.165, 1.54) is 0 Å². The van der Waals surface area contributed by atoms with Gasteiger partial charge in [0.1, 0.15) is 13.1 Å². The quantitative estimate of drug-likeness (QED) is 0.375. The van der Waals surface area contributed by atoms with Crippen molar-refractivity contribution in [2.24, 2.45) is 0 Å². The van der Waals surface area contributed by atoms with E-state index in [1.54, 1.807) is 13.8 Å². The van der Waals surface area contributed by atoms with Crippen LogP contribution in [0.2, 0.25) is 0 Å². The van der Waals surface area contributed by atoms with E-state index >= 15 is 0 Å². The maximum Gasteiger partial charge on any atom is 0.325 e. The molecule has 0 aromatic rings. The zero-order chi connectivity index (χ0) is 18.2. The highest BCUT2D eigenvalue weighted by Gasteiger charge is 2.07. The van der Waals surface area contributed by atoms with Crippen LogP contribution in [0.5, 0.6) is 0 Å². The molecule has 8 nitrogen and oxygen atoms in total. The van der Waals surface area contributed by atoms with E-state index in [4.69, 9.17) is 9.47 Å². The molecule has 0 unspecified atom stereocenters. The minimum atomic E-state index is -0.445. The van der Waals surface area contributed by atoms with Crippen molar-refractivity contribution in [1.29, 1.82) is 0 Å². The molecule has 0 saturated heterocycles. The van der Waals surface area contributed by atoms with E-state index in [9.17, 15) is 19.2 Å². The predicted octanol–water partition coefficient (Wildman–Crippen LogP) is 0.686. The third kappa shape index (κ3) is 13.5. The third-order valence-corrected chi connectivity index (χ3v) is 3.03. The number of ether oxygens (including phenoxy) is 2. The van der Waals surface area contributed by atoms with Crippen LogP contribution < -0.4 is 10.6 Å². The molecule has 0 spiro atoms. The number of hydrogen-bond acceptors (Lipinski definition) is 6. The second-order valence-electron chi connectivity index (χ2n) is 5.08. The second kappa shape index (κ2) is 14.5. The van der Waals surface area contributed by atoms with E-state index in [1.807, 2.05) is 0 Å². The van der Waals surface area contributed by atoms with Crippen LogP contribution in [-0.2, 0) is 28.7 Å². The smallest absolute Gasteiger partial charge is 0.325 e. The fraction of sp³-hybridized carbons (Fsp3) is 0.750. The highest BCUT2D eigenvalue weighted by atomic mass is 16.5. The summed E-state index contributed by atoms with van der Waals surface area (Å²) in [5.41, 5.74) is 0. The summed E-state index contributed by atoms with van der Waals surface area (Å²) >= 11 is 0. The van der Waals surface area contributed by atoms with Crippen LogP contribution in [-0.4, -0.2) is 50.1 Å². The van der Waals surface area contributed by atoms with Gasteiger partial charge in [-0.15, -0.1) is 0 Å². The molecule has 0 bridgehead atoms. The number of rotatable bonds is 13. The SMILES string of the molecule is CCOC(=O)CNC(=O)CCCCCCC(=O)NCC(=O)OCC. The van der Waals surface area contributed by atoms with Crippen molar-refractivity contribution >= 4 is 23.8 Å². The largest absolute Gasteiger partial charge is 0.465 e. The monoisotopic (exact) mass is 344 g/mol. The third-order valence-electron chi connectivity index (χ3n) is 3.03. The van der Waals surface area contributed by atoms with Crippen molar-refractivity contribution in [3.63, 3.8) is 0 Å². The Labute approximate surface area is 142 Å². The van der Waals surface area contributed by atoms with Gasteiger partial charge in [0.25, 0.3) is 0 Å². The van der Waals surface area contributed by atoms with Crippen LogP contribution in [0, 0.1) is 0 Å². The summed E-state index contributed by atoms with van der Waals surface area (Å²) in [5.74, 6) is -1.26. The van der Waals surface area contributed by atoms with Gasteiger partial charge < -0.3 is 20.1 Å². The van der Waals surface area contributed by atoms with Crippen LogP contribution in [0.3, 0.4) is 0 Å². The van der Waals surface area contributed by atoms with Crippen molar-refractivity contribution in [2.45, 2.75) is 52.4 Å². The van der Waals surface area contributed by atoms with Gasteiger partial charge in [-0.05, 0) is 26.7 Å². The predicted molar refractivity (Wildman–Crippen MR) is 87.0 cm³/mol. The number of nitrogens with one attached hydrogen (secondary N) is 2. The molecular formula is C16H28N2O6. The molecule has 0 radical (unpaired) electrons. The summed E-state index contributed by atoms with van der Waals surface area (Å²) in [6, 6.07) is 0. The van der Waals surface area contributed by atoms with E-state index in [2.05, 4.69) is 10.6 Å². The molecular weight excluding hydrogens is 316 g/mol. The Balaban J connectivity index is 3.49. The zero-order valence-corrected chi connectivity index (χ0v) is 14.5. The van der Waals surface area contributed by atoms with Crippen molar-refractivity contribution in [3.05, 3.63) is 0 Å². The van der Waals surface area contributed by atoms with Crippen molar-refractivity contribution < 1.29 is 28.7 Å². The summed E-state index contributed by atoms with van der Waals surface area (Å²) in [5, 5.41) is 4.99. The standard InChI is InChI=1S/C16H28N2O6/c1-3-23-15(21)11-17-13(19)9-7-5-6-8-10-14(20)18-12-16(22)24-4-2/h3-12H2,1-2H3,(H,17,19)(H,18,20). The molecule has 0 fully saturated rings. The van der Waals surface area contributed by atoms with Gasteiger partial charge in [0, 0.05) is 12.8 Å². The van der Waals surface area contributed by atoms with Gasteiger partial charge in [-0.1, -0.05) is 12.8 Å². The molecule has 0 aromatic heterocycles. The molecule has 138 valence electrons. The van der Waals surface area contributed by atoms with Gasteiger partial charge in [-0.2, -0.15) is 0 Å². The van der Waals surface area contributed by atoms with Crippen molar-refractivity contribution in [2.75, 3.05) is 26.3 Å². The molecule has 0 aromatic carbocycles. The highest BCUT2D eigenvalue weighted by Crippen LogP contribution is 2.05. The van der Waals surface area contributed by atoms with Gasteiger partial charge in [-0.25, -0.2) is 0 Å². The fourth-order valence-electron chi connectivity index (χ4n) is 1.87. The Morgan fingerprint density at radius 1 is 0.667 bits per heavy atom. The van der Waals surface area contributed by atoms with Crippen LogP contribution >= 0.6 is 0 Å². The van der Waals surface area contributed by atoms with Gasteiger partial charge in [-0.3, -0.25) is 19.2 Å². The molecule has 0 aliphatic rings. The number of esters is 2. The van der Waals surface area contributed by atoms with Crippen molar-refractivity contribution in [1.82, 2.24) is 10.6 Å². The first kappa shape index (κ1) is 21.9. The van der Waals surface area contributed by atoms with Gasteiger partial charge >= 0.3 is 11.9 Å². The highest BCUT2D eigenvalue weighted by molar-refractivity contribution is 5.82. The Kier molecular flexibility index (Phi) is 13.2. The van der Waals surface area contributed by atoms with Crippen LogP contribution in [0.15, 0.2) is 0 Å². The molecule has 0 atom stereocenters. The zero-order valence-electron chi connectivity index (χ0n) is 14.5. The van der Waals surface area contributed by atoms with E-state index < -0.39 is 11.9 Å². The van der Waals surface area contributed by atoms with Gasteiger partial charge in [0.15, 0.2) is 0 Å². The fourth-order valence-corrected chi connectivity index (χ4v) is 1.87. The van der Waals surface area contributed by atoms with Crippen LogP contribution in [0.25, 0.3) is 0 Å². The average Bonchev–Trinajstić information content (AvgIpc) is 2.54. The number of carbonyl (C=O) groups is 4. The minimum Gasteiger partial charge on any atom is -0.465 e. The molecule has 0 aliphatic carbocycles. The molecule has 2 N–H and O–H groups in total. The number of carbonyl (C=O) groups excluding carboxylic acids is 4. The lowest BCUT2D eigenvalue weighted by Gasteiger charge is -2.06. The van der Waals surface area contributed by atoms with Crippen molar-refractivity contribution in [3.8, 4) is 0 Å². The Morgan fingerprint density at radius 3 is 1.38 bits per heavy atom. The Bertz CT molecular complexity index is 373. The van der Waals surface area contributed by atoms with Crippen LogP contribution in [0.1, 0.15) is 52.4 Å². The van der Waals surface area contributed by atoms with Crippen LogP contribution in [0.4, 0.5) is 0 Å². The summed E-state index contributed by atoms with van der Waals surface area (Å²) in [6.07, 6.45) is 3.71. The Morgan fingerprint density at radius 2 is 1.04 bits per heavy atom. The molecule has 0 aliphatic heterocycles.